The number of hydrogen-bond donors (Lipinski definition) is 4. The first-order valence-corrected chi connectivity index (χ1v) is 14.9. The van der Waals surface area contributed by atoms with Gasteiger partial charge in [0.15, 0.2) is 5.03 Å². The molecule has 232 valence electrons. The van der Waals surface area contributed by atoms with Crippen LogP contribution in [-0.2, 0) is 9.59 Å². The van der Waals surface area contributed by atoms with Gasteiger partial charge in [-0.05, 0) is 41.5 Å². The van der Waals surface area contributed by atoms with Crippen molar-refractivity contribution in [1.29, 1.82) is 0 Å². The van der Waals surface area contributed by atoms with E-state index in [1.54, 1.807) is 0 Å². The highest BCUT2D eigenvalue weighted by atomic mass is 16.7. The Morgan fingerprint density at radius 2 is 1.13 bits per heavy atom. The lowest BCUT2D eigenvalue weighted by Gasteiger charge is -2.24. The van der Waals surface area contributed by atoms with E-state index < -0.39 is 17.0 Å². The molecule has 10 heteroatoms. The van der Waals surface area contributed by atoms with Gasteiger partial charge in [0.25, 0.3) is 5.96 Å². The number of hydrazone groups is 1. The maximum Gasteiger partial charge on any atom is 0.266 e. The number of hydrogen-bond acceptors (Lipinski definition) is 4. The Hall–Kier alpha value is -5.51. The molecular weight excluding hydrogens is 568 g/mol. The lowest BCUT2D eigenvalue weighted by molar-refractivity contribution is -0.485. The zero-order valence-corrected chi connectivity index (χ0v) is 24.9. The first-order valence-electron chi connectivity index (χ1n) is 14.9. The molecular formula is C35H38N6O4. The molecule has 4 aromatic carbocycles. The van der Waals surface area contributed by atoms with Crippen LogP contribution in [0.1, 0.15) is 53.4 Å². The van der Waals surface area contributed by atoms with Crippen molar-refractivity contribution < 1.29 is 14.6 Å². The molecule has 5 N–H and O–H groups in total. The minimum absolute atomic E-state index is 0.0781. The summed E-state index contributed by atoms with van der Waals surface area (Å²) in [5.41, 5.74) is 9.45. The Bertz CT molecular complexity index is 1460. The number of carbonyl (C=O) groups is 2. The van der Waals surface area contributed by atoms with Crippen LogP contribution < -0.4 is 21.7 Å². The minimum Gasteiger partial charge on any atom is -0.365 e. The summed E-state index contributed by atoms with van der Waals surface area (Å²) in [4.78, 5) is 38.1. The topological polar surface area (TPSA) is 152 Å². The molecule has 0 aliphatic carbocycles. The van der Waals surface area contributed by atoms with Gasteiger partial charge in [0.1, 0.15) is 11.1 Å². The van der Waals surface area contributed by atoms with Gasteiger partial charge < -0.3 is 21.7 Å². The lowest BCUT2D eigenvalue weighted by Crippen LogP contribution is -2.49. The molecule has 0 spiro atoms. The van der Waals surface area contributed by atoms with E-state index in [0.717, 1.165) is 22.3 Å². The molecule has 45 heavy (non-hydrogen) atoms. The Morgan fingerprint density at radius 3 is 1.60 bits per heavy atom. The molecule has 4 rings (SSSR count). The van der Waals surface area contributed by atoms with E-state index in [-0.39, 0.29) is 36.7 Å². The van der Waals surface area contributed by atoms with Crippen molar-refractivity contribution in [2.75, 3.05) is 13.1 Å². The highest BCUT2D eigenvalue weighted by Gasteiger charge is 2.28. The fourth-order valence-electron chi connectivity index (χ4n) is 5.32. The van der Waals surface area contributed by atoms with E-state index in [4.69, 9.17) is 5.73 Å². The van der Waals surface area contributed by atoms with Gasteiger partial charge in [0, 0.05) is 19.0 Å². The number of nitro groups is 1. The summed E-state index contributed by atoms with van der Waals surface area (Å²) in [6, 6.07) is 38.3. The van der Waals surface area contributed by atoms with E-state index in [9.17, 15) is 19.7 Å². The average Bonchev–Trinajstić information content (AvgIpc) is 3.06. The molecule has 0 aliphatic rings. The van der Waals surface area contributed by atoms with E-state index in [0.29, 0.717) is 19.4 Å². The van der Waals surface area contributed by atoms with Gasteiger partial charge >= 0.3 is 0 Å². The molecule has 0 aliphatic heterocycles. The Labute approximate surface area is 262 Å². The molecule has 0 unspecified atom stereocenters. The number of benzene rings is 4. The average molecular weight is 607 g/mol. The number of guanidine groups is 1. The molecule has 0 heterocycles. The quantitative estimate of drug-likeness (QED) is 0.0514. The van der Waals surface area contributed by atoms with Gasteiger partial charge in [-0.15, -0.1) is 0 Å². The highest BCUT2D eigenvalue weighted by molar-refractivity contribution is 5.92. The van der Waals surface area contributed by atoms with Crippen LogP contribution in [-0.4, -0.2) is 41.9 Å². The van der Waals surface area contributed by atoms with Crippen LogP contribution in [0.15, 0.2) is 126 Å². The zero-order valence-electron chi connectivity index (χ0n) is 24.9. The highest BCUT2D eigenvalue weighted by Crippen LogP contribution is 2.28. The summed E-state index contributed by atoms with van der Waals surface area (Å²) in [6.45, 7) is 0.620. The first-order chi connectivity index (χ1) is 21.9. The number of nitrogens with zero attached hydrogens (tertiary/aromatic N) is 2. The van der Waals surface area contributed by atoms with Crippen LogP contribution in [0.25, 0.3) is 0 Å². The number of nitrogens with one attached hydrogen (secondary N) is 3. The van der Waals surface area contributed by atoms with Crippen molar-refractivity contribution in [3.05, 3.63) is 154 Å². The predicted octanol–water partition coefficient (Wildman–Crippen LogP) is 4.52. The van der Waals surface area contributed by atoms with Gasteiger partial charge in [-0.2, -0.15) is 0 Å². The van der Waals surface area contributed by atoms with Gasteiger partial charge in [-0.25, -0.2) is 10.1 Å². The SMILES string of the molecule is NC(=N[N+](=O)[O-])NCCC[C@H](NC(=O)C(c1ccccc1)c1ccccc1)C(=O)NCCC(c1ccccc1)c1ccccc1. The second kappa shape index (κ2) is 17.0. The third-order valence-corrected chi connectivity index (χ3v) is 7.46. The monoisotopic (exact) mass is 606 g/mol. The van der Waals surface area contributed by atoms with Crippen molar-refractivity contribution in [2.45, 2.75) is 37.1 Å². The van der Waals surface area contributed by atoms with Crippen LogP contribution in [0.3, 0.4) is 0 Å². The zero-order chi connectivity index (χ0) is 31.9. The van der Waals surface area contributed by atoms with Crippen molar-refractivity contribution in [3.8, 4) is 0 Å². The summed E-state index contributed by atoms with van der Waals surface area (Å²) >= 11 is 0. The van der Waals surface area contributed by atoms with Gasteiger partial charge in [-0.1, -0.05) is 121 Å². The largest absolute Gasteiger partial charge is 0.365 e. The number of nitrogens with two attached hydrogens (primary N) is 1. The van der Waals surface area contributed by atoms with Gasteiger partial charge in [-0.3, -0.25) is 9.59 Å². The molecule has 0 saturated carbocycles. The molecule has 2 amide bonds. The Morgan fingerprint density at radius 1 is 0.667 bits per heavy atom. The van der Waals surface area contributed by atoms with Crippen molar-refractivity contribution in [3.63, 3.8) is 0 Å². The fraction of sp³-hybridized carbons (Fsp3) is 0.229. The minimum atomic E-state index is -0.885. The van der Waals surface area contributed by atoms with E-state index in [2.05, 4.69) is 45.3 Å². The van der Waals surface area contributed by atoms with Crippen LogP contribution in [0.2, 0.25) is 0 Å². The predicted molar refractivity (Wildman–Crippen MR) is 175 cm³/mol. The maximum atomic E-state index is 13.9. The third kappa shape index (κ3) is 10.0. The summed E-state index contributed by atoms with van der Waals surface area (Å²) in [7, 11) is 0. The lowest BCUT2D eigenvalue weighted by atomic mass is 9.88. The van der Waals surface area contributed by atoms with Gasteiger partial charge in [0.05, 0.1) is 5.92 Å². The van der Waals surface area contributed by atoms with Crippen LogP contribution in [0.5, 0.6) is 0 Å². The second-order valence-corrected chi connectivity index (χ2v) is 10.6. The van der Waals surface area contributed by atoms with Crippen molar-refractivity contribution in [2.24, 2.45) is 10.8 Å². The molecule has 10 nitrogen and oxygen atoms in total. The standard InChI is InChI=1S/C35H38N6O4/c36-35(40-41(44)45)38-24-13-22-31(39-34(43)32(28-18-9-3-10-19-28)29-20-11-4-12-21-29)33(42)37-25-23-30(26-14-5-1-6-15-26)27-16-7-2-8-17-27/h1-12,14-21,30-32H,13,22-25H2,(H,37,42)(H,39,43)(H3,36,38,40)/t31-/m0/s1. The van der Waals surface area contributed by atoms with Crippen molar-refractivity contribution in [1.82, 2.24) is 16.0 Å². The van der Waals surface area contributed by atoms with Crippen LogP contribution in [0.4, 0.5) is 0 Å². The summed E-state index contributed by atoms with van der Waals surface area (Å²) in [5.74, 6) is -1.49. The fourth-order valence-corrected chi connectivity index (χ4v) is 5.32. The summed E-state index contributed by atoms with van der Waals surface area (Å²) < 4.78 is 0. The number of amides is 2. The molecule has 0 radical (unpaired) electrons. The second-order valence-electron chi connectivity index (χ2n) is 10.6. The summed E-state index contributed by atoms with van der Waals surface area (Å²) in [5, 5.41) is 21.4. The molecule has 0 bridgehead atoms. The molecule has 0 aromatic heterocycles. The van der Waals surface area contributed by atoms with E-state index >= 15 is 0 Å². The molecule has 1 atom stereocenters. The summed E-state index contributed by atoms with van der Waals surface area (Å²) in [6.07, 6.45) is 1.32. The van der Waals surface area contributed by atoms with E-state index in [1.165, 1.54) is 0 Å². The maximum absolute atomic E-state index is 13.9. The number of carbonyl (C=O) groups excluding carboxylic acids is 2. The van der Waals surface area contributed by atoms with Crippen molar-refractivity contribution >= 4 is 17.8 Å². The van der Waals surface area contributed by atoms with Gasteiger partial charge in [0.2, 0.25) is 11.8 Å². The third-order valence-electron chi connectivity index (χ3n) is 7.46. The molecule has 4 aromatic rings. The molecule has 0 fully saturated rings. The smallest absolute Gasteiger partial charge is 0.266 e. The van der Waals surface area contributed by atoms with E-state index in [1.807, 2.05) is 97.1 Å². The number of rotatable bonds is 15. The Balaban J connectivity index is 1.48. The molecule has 0 saturated heterocycles. The normalized spacial score (nSPS) is 12.0. The van der Waals surface area contributed by atoms with Crippen LogP contribution in [0, 0.1) is 10.1 Å². The first kappa shape index (κ1) is 32.4. The van der Waals surface area contributed by atoms with Crippen LogP contribution >= 0.6 is 0 Å². The Kier molecular flexibility index (Phi) is 12.2.